The molecule has 0 aromatic carbocycles. The zero-order valence-corrected chi connectivity index (χ0v) is 11.9. The van der Waals surface area contributed by atoms with Crippen molar-refractivity contribution in [3.63, 3.8) is 0 Å². The van der Waals surface area contributed by atoms with Crippen molar-refractivity contribution in [3.05, 3.63) is 18.0 Å². The highest BCUT2D eigenvalue weighted by molar-refractivity contribution is 5.28. The molecule has 1 aromatic heterocycles. The molecule has 5 heteroatoms. The van der Waals surface area contributed by atoms with Gasteiger partial charge in [0.05, 0.1) is 0 Å². The number of rotatable bonds is 7. The van der Waals surface area contributed by atoms with Gasteiger partial charge in [-0.15, -0.1) is 0 Å². The summed E-state index contributed by atoms with van der Waals surface area (Å²) in [5.74, 6) is 0.780. The lowest BCUT2D eigenvalue weighted by Crippen LogP contribution is -2.25. The Labute approximate surface area is 110 Å². The molecule has 1 heterocycles. The lowest BCUT2D eigenvalue weighted by atomic mass is 10.1. The number of anilines is 1. The van der Waals surface area contributed by atoms with Crippen LogP contribution in [0.1, 0.15) is 18.9 Å². The maximum Gasteiger partial charge on any atom is 0.224 e. The van der Waals surface area contributed by atoms with Crippen molar-refractivity contribution < 1.29 is 0 Å². The Kier molecular flexibility index (Phi) is 6.01. The highest BCUT2D eigenvalue weighted by Gasteiger charge is 2.05. The molecule has 18 heavy (non-hydrogen) atoms. The molecule has 0 aliphatic rings. The smallest absolute Gasteiger partial charge is 0.224 e. The molecule has 0 aliphatic heterocycles. The number of nitrogens with two attached hydrogens (primary N) is 1. The molecule has 1 aromatic rings. The van der Waals surface area contributed by atoms with E-state index < -0.39 is 0 Å². The van der Waals surface area contributed by atoms with Crippen molar-refractivity contribution >= 4 is 5.95 Å². The van der Waals surface area contributed by atoms with E-state index >= 15 is 0 Å². The molecule has 1 rings (SSSR count). The lowest BCUT2D eigenvalue weighted by molar-refractivity contribution is 0.401. The van der Waals surface area contributed by atoms with E-state index in [1.54, 1.807) is 0 Å². The van der Waals surface area contributed by atoms with Gasteiger partial charge in [0.15, 0.2) is 0 Å². The van der Waals surface area contributed by atoms with Crippen molar-refractivity contribution in [1.29, 1.82) is 0 Å². The summed E-state index contributed by atoms with van der Waals surface area (Å²) in [6.07, 6.45) is 5.67. The van der Waals surface area contributed by atoms with Crippen molar-refractivity contribution in [2.45, 2.75) is 25.8 Å². The van der Waals surface area contributed by atoms with Crippen LogP contribution in [0.3, 0.4) is 0 Å². The third-order valence-corrected chi connectivity index (χ3v) is 2.69. The predicted molar refractivity (Wildman–Crippen MR) is 75.8 cm³/mol. The van der Waals surface area contributed by atoms with E-state index in [-0.39, 0.29) is 6.04 Å². The van der Waals surface area contributed by atoms with Gasteiger partial charge in [-0.3, -0.25) is 0 Å². The molecule has 0 saturated carbocycles. The highest BCUT2D eigenvalue weighted by Crippen LogP contribution is 2.07. The van der Waals surface area contributed by atoms with Gasteiger partial charge in [0.25, 0.3) is 0 Å². The Morgan fingerprint density at radius 1 is 1.17 bits per heavy atom. The molecule has 0 radical (unpaired) electrons. The first-order chi connectivity index (χ1) is 8.49. The fourth-order valence-corrected chi connectivity index (χ4v) is 1.75. The molecule has 1 unspecified atom stereocenters. The van der Waals surface area contributed by atoms with Crippen LogP contribution in [-0.2, 0) is 6.42 Å². The predicted octanol–water partition coefficient (Wildman–Crippen LogP) is 0.754. The second-order valence-electron chi connectivity index (χ2n) is 5.15. The van der Waals surface area contributed by atoms with Crippen LogP contribution in [0.4, 0.5) is 5.95 Å². The minimum absolute atomic E-state index is 0.150. The van der Waals surface area contributed by atoms with Gasteiger partial charge in [-0.05, 0) is 46.0 Å². The second-order valence-corrected chi connectivity index (χ2v) is 5.15. The van der Waals surface area contributed by atoms with Gasteiger partial charge in [0, 0.05) is 32.0 Å². The van der Waals surface area contributed by atoms with Crippen molar-refractivity contribution in [1.82, 2.24) is 14.9 Å². The van der Waals surface area contributed by atoms with Crippen LogP contribution < -0.4 is 10.6 Å². The SMILES string of the molecule is CC(N)Cc1cnc(N(C)CCCN(C)C)nc1. The molecule has 1 atom stereocenters. The summed E-state index contributed by atoms with van der Waals surface area (Å²) in [6.45, 7) is 4.03. The normalized spacial score (nSPS) is 12.8. The average molecular weight is 251 g/mol. The van der Waals surface area contributed by atoms with E-state index in [9.17, 15) is 0 Å². The highest BCUT2D eigenvalue weighted by atomic mass is 15.2. The molecule has 5 nitrogen and oxygen atoms in total. The molecule has 0 aliphatic carbocycles. The Bertz CT molecular complexity index is 334. The summed E-state index contributed by atoms with van der Waals surface area (Å²) in [7, 11) is 6.19. The van der Waals surface area contributed by atoms with Gasteiger partial charge in [0.1, 0.15) is 0 Å². The Morgan fingerprint density at radius 2 is 1.78 bits per heavy atom. The van der Waals surface area contributed by atoms with Crippen molar-refractivity contribution in [3.8, 4) is 0 Å². The second kappa shape index (κ2) is 7.28. The molecule has 0 saturated heterocycles. The first-order valence-electron chi connectivity index (χ1n) is 6.41. The van der Waals surface area contributed by atoms with E-state index in [1.165, 1.54) is 0 Å². The average Bonchev–Trinajstić information content (AvgIpc) is 2.28. The van der Waals surface area contributed by atoms with E-state index in [1.807, 2.05) is 26.4 Å². The van der Waals surface area contributed by atoms with Gasteiger partial charge in [-0.25, -0.2) is 9.97 Å². The first-order valence-corrected chi connectivity index (χ1v) is 6.41. The maximum atomic E-state index is 5.75. The Hall–Kier alpha value is -1.20. The minimum Gasteiger partial charge on any atom is -0.344 e. The number of hydrogen-bond acceptors (Lipinski definition) is 5. The minimum atomic E-state index is 0.150. The van der Waals surface area contributed by atoms with Crippen LogP contribution in [0, 0.1) is 0 Å². The van der Waals surface area contributed by atoms with Crippen LogP contribution in [-0.4, -0.2) is 55.1 Å². The first kappa shape index (κ1) is 14.9. The Balaban J connectivity index is 2.46. The van der Waals surface area contributed by atoms with E-state index in [0.29, 0.717) is 0 Å². The number of nitrogens with zero attached hydrogens (tertiary/aromatic N) is 4. The van der Waals surface area contributed by atoms with Crippen LogP contribution >= 0.6 is 0 Å². The summed E-state index contributed by atoms with van der Waals surface area (Å²) in [4.78, 5) is 13.0. The fourth-order valence-electron chi connectivity index (χ4n) is 1.75. The van der Waals surface area contributed by atoms with Gasteiger partial charge >= 0.3 is 0 Å². The molecular weight excluding hydrogens is 226 g/mol. The summed E-state index contributed by atoms with van der Waals surface area (Å²) >= 11 is 0. The zero-order valence-electron chi connectivity index (χ0n) is 11.9. The van der Waals surface area contributed by atoms with E-state index in [2.05, 4.69) is 33.9 Å². The van der Waals surface area contributed by atoms with Crippen LogP contribution in [0.25, 0.3) is 0 Å². The summed E-state index contributed by atoms with van der Waals surface area (Å²) in [6, 6.07) is 0.150. The molecule has 102 valence electrons. The monoisotopic (exact) mass is 251 g/mol. The van der Waals surface area contributed by atoms with Crippen LogP contribution in [0.2, 0.25) is 0 Å². The van der Waals surface area contributed by atoms with Crippen LogP contribution in [0.15, 0.2) is 12.4 Å². The third kappa shape index (κ3) is 5.42. The topological polar surface area (TPSA) is 58.3 Å². The Morgan fingerprint density at radius 3 is 2.28 bits per heavy atom. The van der Waals surface area contributed by atoms with Gasteiger partial charge < -0.3 is 15.5 Å². The van der Waals surface area contributed by atoms with E-state index in [0.717, 1.165) is 37.4 Å². The maximum absolute atomic E-state index is 5.75. The molecule has 0 amide bonds. The number of hydrogen-bond donors (Lipinski definition) is 1. The molecule has 0 bridgehead atoms. The third-order valence-electron chi connectivity index (χ3n) is 2.69. The van der Waals surface area contributed by atoms with E-state index in [4.69, 9.17) is 5.73 Å². The quantitative estimate of drug-likeness (QED) is 0.775. The van der Waals surface area contributed by atoms with Gasteiger partial charge in [-0.2, -0.15) is 0 Å². The summed E-state index contributed by atoms with van der Waals surface area (Å²) in [5.41, 5.74) is 6.84. The molecular formula is C13H25N5. The standard InChI is InChI=1S/C13H25N5/c1-11(14)8-12-9-15-13(16-10-12)18(4)7-5-6-17(2)3/h9-11H,5-8,14H2,1-4H3. The van der Waals surface area contributed by atoms with Crippen molar-refractivity contribution in [2.24, 2.45) is 5.73 Å². The molecule has 0 fully saturated rings. The summed E-state index contributed by atoms with van der Waals surface area (Å²) < 4.78 is 0. The lowest BCUT2D eigenvalue weighted by Gasteiger charge is -2.18. The van der Waals surface area contributed by atoms with Gasteiger partial charge in [0.2, 0.25) is 5.95 Å². The van der Waals surface area contributed by atoms with Crippen LogP contribution in [0.5, 0.6) is 0 Å². The number of aromatic nitrogens is 2. The van der Waals surface area contributed by atoms with Gasteiger partial charge in [-0.1, -0.05) is 0 Å². The molecule has 0 spiro atoms. The molecule has 2 N–H and O–H groups in total. The zero-order chi connectivity index (χ0) is 13.5. The largest absolute Gasteiger partial charge is 0.344 e. The fraction of sp³-hybridized carbons (Fsp3) is 0.692. The summed E-state index contributed by atoms with van der Waals surface area (Å²) in [5, 5.41) is 0. The van der Waals surface area contributed by atoms with Crippen molar-refractivity contribution in [2.75, 3.05) is 39.1 Å².